The van der Waals surface area contributed by atoms with E-state index in [1.165, 1.54) is 0 Å². The van der Waals surface area contributed by atoms with Gasteiger partial charge in [-0.1, -0.05) is 11.8 Å². The minimum absolute atomic E-state index is 0.110. The van der Waals surface area contributed by atoms with Gasteiger partial charge in [0.05, 0.1) is 11.7 Å². The molecule has 0 radical (unpaired) electrons. The van der Waals surface area contributed by atoms with Crippen LogP contribution in [0.5, 0.6) is 0 Å². The van der Waals surface area contributed by atoms with Crippen LogP contribution in [0.1, 0.15) is 5.56 Å². The fourth-order valence-corrected chi connectivity index (χ4v) is 1.16. The molecule has 1 heterocycles. The molecule has 0 amide bonds. The fraction of sp³-hybridized carbons (Fsp3) is 0.100. The minimum atomic E-state index is -0.110. The number of nitrogens with zero attached hydrogens (tertiary/aromatic N) is 1. The second-order valence-corrected chi connectivity index (χ2v) is 2.63. The van der Waals surface area contributed by atoms with Crippen molar-refractivity contribution in [2.24, 2.45) is 0 Å². The Hall–Kier alpha value is -1.79. The first-order valence-corrected chi connectivity index (χ1v) is 3.93. The molecule has 0 unspecified atom stereocenters. The maximum atomic E-state index is 8.51. The van der Waals surface area contributed by atoms with Crippen LogP contribution >= 0.6 is 0 Å². The van der Waals surface area contributed by atoms with Crippen molar-refractivity contribution >= 4 is 10.9 Å². The monoisotopic (exact) mass is 172 g/mol. The molecule has 3 nitrogen and oxygen atoms in total. The summed E-state index contributed by atoms with van der Waals surface area (Å²) in [7, 11) is 0. The Morgan fingerprint density at radius 2 is 2.38 bits per heavy atom. The molecular formula is C10H8N2O. The van der Waals surface area contributed by atoms with Gasteiger partial charge in [-0.05, 0) is 18.2 Å². The zero-order valence-corrected chi connectivity index (χ0v) is 6.91. The third kappa shape index (κ3) is 1.53. The van der Waals surface area contributed by atoms with Gasteiger partial charge in [0.15, 0.2) is 0 Å². The number of fused-ring (bicyclic) bond motifs is 1. The highest BCUT2D eigenvalue weighted by molar-refractivity contribution is 5.79. The lowest BCUT2D eigenvalue weighted by Gasteiger charge is -1.89. The molecule has 0 spiro atoms. The van der Waals surface area contributed by atoms with Gasteiger partial charge in [-0.25, -0.2) is 0 Å². The average Bonchev–Trinajstić information content (AvgIpc) is 2.61. The van der Waals surface area contributed by atoms with Gasteiger partial charge in [-0.15, -0.1) is 0 Å². The Kier molecular flexibility index (Phi) is 1.99. The summed E-state index contributed by atoms with van der Waals surface area (Å²) in [6.07, 6.45) is 1.76. The summed E-state index contributed by atoms with van der Waals surface area (Å²) in [4.78, 5) is 0. The van der Waals surface area contributed by atoms with E-state index in [-0.39, 0.29) is 6.61 Å². The van der Waals surface area contributed by atoms with E-state index < -0.39 is 0 Å². The second-order valence-electron chi connectivity index (χ2n) is 2.63. The van der Waals surface area contributed by atoms with Gasteiger partial charge in [0.2, 0.25) is 0 Å². The standard InChI is InChI=1S/C10H8N2O/c13-5-1-2-8-3-4-9-7-11-12-10(9)6-8/h3-4,6-7,13H,5H2,(H,11,12). The molecule has 1 aromatic heterocycles. The van der Waals surface area contributed by atoms with E-state index in [2.05, 4.69) is 22.0 Å². The van der Waals surface area contributed by atoms with Crippen molar-refractivity contribution in [1.82, 2.24) is 10.2 Å². The Labute approximate surface area is 75.4 Å². The number of H-pyrrole nitrogens is 1. The number of rotatable bonds is 0. The molecule has 0 bridgehead atoms. The molecule has 0 saturated carbocycles. The first kappa shape index (κ1) is 7.84. The number of benzene rings is 1. The smallest absolute Gasteiger partial charge is 0.104 e. The summed E-state index contributed by atoms with van der Waals surface area (Å²) in [6.45, 7) is -0.110. The number of aromatic nitrogens is 2. The summed E-state index contributed by atoms with van der Waals surface area (Å²) in [5, 5.41) is 16.3. The van der Waals surface area contributed by atoms with E-state index in [0.29, 0.717) is 0 Å². The van der Waals surface area contributed by atoms with Gasteiger partial charge in [-0.3, -0.25) is 5.10 Å². The van der Waals surface area contributed by atoms with Crippen LogP contribution in [0.3, 0.4) is 0 Å². The molecule has 2 N–H and O–H groups in total. The van der Waals surface area contributed by atoms with Crippen LogP contribution in [0.15, 0.2) is 24.4 Å². The molecule has 0 fully saturated rings. The Morgan fingerprint density at radius 1 is 1.46 bits per heavy atom. The average molecular weight is 172 g/mol. The molecule has 13 heavy (non-hydrogen) atoms. The largest absolute Gasteiger partial charge is 0.384 e. The van der Waals surface area contributed by atoms with E-state index in [1.807, 2.05) is 18.2 Å². The minimum Gasteiger partial charge on any atom is -0.384 e. The highest BCUT2D eigenvalue weighted by atomic mass is 16.2. The van der Waals surface area contributed by atoms with Crippen LogP contribution in [-0.2, 0) is 0 Å². The van der Waals surface area contributed by atoms with E-state index in [0.717, 1.165) is 16.5 Å². The Balaban J connectivity index is 2.48. The number of hydrogen-bond donors (Lipinski definition) is 2. The number of aromatic amines is 1. The lowest BCUT2D eigenvalue weighted by molar-refractivity contribution is 0.350. The molecule has 0 saturated heterocycles. The second kappa shape index (κ2) is 3.30. The summed E-state index contributed by atoms with van der Waals surface area (Å²) >= 11 is 0. The summed E-state index contributed by atoms with van der Waals surface area (Å²) in [5.41, 5.74) is 1.84. The fourth-order valence-electron chi connectivity index (χ4n) is 1.16. The molecule has 0 aliphatic rings. The normalized spacial score (nSPS) is 9.62. The van der Waals surface area contributed by atoms with Gasteiger partial charge in [0.1, 0.15) is 6.61 Å². The van der Waals surface area contributed by atoms with E-state index in [4.69, 9.17) is 5.11 Å². The molecule has 3 heteroatoms. The Bertz CT molecular complexity index is 476. The van der Waals surface area contributed by atoms with Crippen molar-refractivity contribution in [2.75, 3.05) is 6.61 Å². The predicted octanol–water partition coefficient (Wildman–Crippen LogP) is 0.907. The van der Waals surface area contributed by atoms with Crippen molar-refractivity contribution in [1.29, 1.82) is 0 Å². The zero-order chi connectivity index (χ0) is 9.10. The van der Waals surface area contributed by atoms with Crippen molar-refractivity contribution in [3.05, 3.63) is 30.0 Å². The molecule has 64 valence electrons. The SMILES string of the molecule is OCC#Cc1ccc2cn[nH]c2c1. The molecule has 0 atom stereocenters. The number of hydrogen-bond acceptors (Lipinski definition) is 2. The molecule has 0 aliphatic heterocycles. The highest BCUT2D eigenvalue weighted by Gasteiger charge is 1.94. The van der Waals surface area contributed by atoms with Crippen molar-refractivity contribution in [3.63, 3.8) is 0 Å². The van der Waals surface area contributed by atoms with Gasteiger partial charge in [0.25, 0.3) is 0 Å². The van der Waals surface area contributed by atoms with Crippen molar-refractivity contribution in [3.8, 4) is 11.8 Å². The molecular weight excluding hydrogens is 164 g/mol. The van der Waals surface area contributed by atoms with Gasteiger partial charge < -0.3 is 5.11 Å². The maximum absolute atomic E-state index is 8.51. The van der Waals surface area contributed by atoms with Crippen LogP contribution in [0.4, 0.5) is 0 Å². The van der Waals surface area contributed by atoms with Crippen LogP contribution < -0.4 is 0 Å². The molecule has 2 aromatic rings. The number of nitrogens with one attached hydrogen (secondary N) is 1. The van der Waals surface area contributed by atoms with Crippen LogP contribution in [0.25, 0.3) is 10.9 Å². The summed E-state index contributed by atoms with van der Waals surface area (Å²) in [6, 6.07) is 5.76. The number of aliphatic hydroxyl groups is 1. The van der Waals surface area contributed by atoms with Crippen LogP contribution in [-0.4, -0.2) is 21.9 Å². The predicted molar refractivity (Wildman–Crippen MR) is 50.1 cm³/mol. The third-order valence-electron chi connectivity index (χ3n) is 1.75. The van der Waals surface area contributed by atoms with Gasteiger partial charge >= 0.3 is 0 Å². The summed E-state index contributed by atoms with van der Waals surface area (Å²) < 4.78 is 0. The van der Waals surface area contributed by atoms with Crippen molar-refractivity contribution in [2.45, 2.75) is 0 Å². The topological polar surface area (TPSA) is 48.9 Å². The molecule has 2 rings (SSSR count). The molecule has 1 aromatic carbocycles. The zero-order valence-electron chi connectivity index (χ0n) is 6.91. The lowest BCUT2D eigenvalue weighted by atomic mass is 10.2. The summed E-state index contributed by atoms with van der Waals surface area (Å²) in [5.74, 6) is 5.42. The lowest BCUT2D eigenvalue weighted by Crippen LogP contribution is -1.77. The maximum Gasteiger partial charge on any atom is 0.104 e. The quantitative estimate of drug-likeness (QED) is 0.580. The van der Waals surface area contributed by atoms with Gasteiger partial charge in [-0.2, -0.15) is 5.10 Å². The first-order valence-electron chi connectivity index (χ1n) is 3.93. The Morgan fingerprint density at radius 3 is 3.23 bits per heavy atom. The molecule has 0 aliphatic carbocycles. The first-order chi connectivity index (χ1) is 6.40. The van der Waals surface area contributed by atoms with E-state index in [1.54, 1.807) is 6.20 Å². The number of aliphatic hydroxyl groups excluding tert-OH is 1. The van der Waals surface area contributed by atoms with Crippen LogP contribution in [0.2, 0.25) is 0 Å². The third-order valence-corrected chi connectivity index (χ3v) is 1.75. The van der Waals surface area contributed by atoms with Crippen molar-refractivity contribution < 1.29 is 5.11 Å². The van der Waals surface area contributed by atoms with Crippen LogP contribution in [0, 0.1) is 11.8 Å². The highest BCUT2D eigenvalue weighted by Crippen LogP contribution is 2.11. The van der Waals surface area contributed by atoms with Gasteiger partial charge in [0, 0.05) is 10.9 Å². The van der Waals surface area contributed by atoms with E-state index in [9.17, 15) is 0 Å². The van der Waals surface area contributed by atoms with E-state index >= 15 is 0 Å².